The first-order valence-corrected chi connectivity index (χ1v) is 5.84. The molecule has 88 valence electrons. The first-order valence-electron chi connectivity index (χ1n) is 5.04. The fourth-order valence-corrected chi connectivity index (χ4v) is 1.74. The Morgan fingerprint density at radius 1 is 1.35 bits per heavy atom. The van der Waals surface area contributed by atoms with Gasteiger partial charge in [-0.2, -0.15) is 0 Å². The molecule has 5 heteroatoms. The highest BCUT2D eigenvalue weighted by Crippen LogP contribution is 2.17. The second kappa shape index (κ2) is 5.14. The number of aromatic nitrogens is 1. The molecule has 0 fully saturated rings. The van der Waals surface area contributed by atoms with E-state index in [0.29, 0.717) is 16.7 Å². The first kappa shape index (κ1) is 11.9. The molecule has 2 aromatic rings. The maximum Gasteiger partial charge on any atom is 0.166 e. The standard InChI is InChI=1S/C12H11BrFN3/c13-9-5-11(14)12(17-7-9)16-6-8-2-1-3-10(15)4-8/h1-5,7H,6,15H2,(H,16,17). The predicted molar refractivity (Wildman–Crippen MR) is 70.1 cm³/mol. The number of nitrogen functional groups attached to an aromatic ring is 1. The lowest BCUT2D eigenvalue weighted by molar-refractivity contribution is 0.623. The van der Waals surface area contributed by atoms with Crippen LogP contribution in [0.5, 0.6) is 0 Å². The number of halogens is 2. The van der Waals surface area contributed by atoms with Crippen LogP contribution in [0.25, 0.3) is 0 Å². The highest BCUT2D eigenvalue weighted by molar-refractivity contribution is 9.10. The number of rotatable bonds is 3. The molecule has 0 aliphatic heterocycles. The highest BCUT2D eigenvalue weighted by Gasteiger charge is 2.03. The van der Waals surface area contributed by atoms with Gasteiger partial charge in [0.2, 0.25) is 0 Å². The van der Waals surface area contributed by atoms with E-state index in [2.05, 4.69) is 26.2 Å². The Bertz CT molecular complexity index is 531. The van der Waals surface area contributed by atoms with Crippen molar-refractivity contribution in [3.8, 4) is 0 Å². The van der Waals surface area contributed by atoms with Gasteiger partial charge in [-0.1, -0.05) is 12.1 Å². The highest BCUT2D eigenvalue weighted by atomic mass is 79.9. The summed E-state index contributed by atoms with van der Waals surface area (Å²) in [5.41, 5.74) is 7.32. The monoisotopic (exact) mass is 295 g/mol. The number of hydrogen-bond donors (Lipinski definition) is 2. The molecule has 0 saturated heterocycles. The minimum absolute atomic E-state index is 0.232. The van der Waals surface area contributed by atoms with Crippen molar-refractivity contribution in [2.45, 2.75) is 6.54 Å². The van der Waals surface area contributed by atoms with Crippen LogP contribution in [0.15, 0.2) is 41.0 Å². The van der Waals surface area contributed by atoms with Crippen molar-refractivity contribution in [3.63, 3.8) is 0 Å². The number of nitrogens with two attached hydrogens (primary N) is 1. The molecule has 0 saturated carbocycles. The van der Waals surface area contributed by atoms with Crippen LogP contribution >= 0.6 is 15.9 Å². The van der Waals surface area contributed by atoms with Crippen molar-refractivity contribution in [1.29, 1.82) is 0 Å². The fraction of sp³-hybridized carbons (Fsp3) is 0.0833. The normalized spacial score (nSPS) is 10.2. The van der Waals surface area contributed by atoms with Crippen molar-refractivity contribution in [2.24, 2.45) is 0 Å². The van der Waals surface area contributed by atoms with E-state index in [1.165, 1.54) is 6.07 Å². The Labute approximate surface area is 107 Å². The van der Waals surface area contributed by atoms with Crippen molar-refractivity contribution in [3.05, 3.63) is 52.4 Å². The third-order valence-electron chi connectivity index (χ3n) is 2.22. The van der Waals surface area contributed by atoms with Crippen LogP contribution in [0.4, 0.5) is 15.9 Å². The summed E-state index contributed by atoms with van der Waals surface area (Å²) in [6.07, 6.45) is 1.55. The zero-order chi connectivity index (χ0) is 12.3. The average Bonchev–Trinajstić information content (AvgIpc) is 2.28. The maximum atomic E-state index is 13.5. The predicted octanol–water partition coefficient (Wildman–Crippen LogP) is 3.18. The smallest absolute Gasteiger partial charge is 0.166 e. The Kier molecular flexibility index (Phi) is 3.58. The number of pyridine rings is 1. The number of nitrogens with zero attached hydrogens (tertiary/aromatic N) is 1. The van der Waals surface area contributed by atoms with Crippen molar-refractivity contribution in [2.75, 3.05) is 11.1 Å². The van der Waals surface area contributed by atoms with Crippen LogP contribution < -0.4 is 11.1 Å². The minimum Gasteiger partial charge on any atom is -0.399 e. The number of anilines is 2. The molecule has 0 unspecified atom stereocenters. The Morgan fingerprint density at radius 3 is 2.88 bits per heavy atom. The molecular weight excluding hydrogens is 285 g/mol. The summed E-state index contributed by atoms with van der Waals surface area (Å²) >= 11 is 3.16. The fourth-order valence-electron chi connectivity index (χ4n) is 1.43. The van der Waals surface area contributed by atoms with Gasteiger partial charge in [-0.05, 0) is 39.7 Å². The van der Waals surface area contributed by atoms with Gasteiger partial charge in [-0.3, -0.25) is 0 Å². The molecule has 3 nitrogen and oxygen atoms in total. The molecule has 0 spiro atoms. The topological polar surface area (TPSA) is 50.9 Å². The summed E-state index contributed by atoms with van der Waals surface area (Å²) in [5.74, 6) is -0.154. The summed E-state index contributed by atoms with van der Waals surface area (Å²) in [5, 5.41) is 2.92. The van der Waals surface area contributed by atoms with Crippen LogP contribution in [0.1, 0.15) is 5.56 Å². The van der Waals surface area contributed by atoms with Gasteiger partial charge in [0.25, 0.3) is 0 Å². The molecule has 1 aromatic heterocycles. The van der Waals surface area contributed by atoms with E-state index in [0.717, 1.165) is 5.56 Å². The van der Waals surface area contributed by atoms with E-state index in [9.17, 15) is 4.39 Å². The Hall–Kier alpha value is -1.62. The average molecular weight is 296 g/mol. The SMILES string of the molecule is Nc1cccc(CNc2ncc(Br)cc2F)c1. The molecule has 1 aromatic carbocycles. The Balaban J connectivity index is 2.07. The van der Waals surface area contributed by atoms with Crippen molar-refractivity contribution in [1.82, 2.24) is 4.98 Å². The summed E-state index contributed by atoms with van der Waals surface area (Å²) in [6.45, 7) is 0.483. The van der Waals surface area contributed by atoms with E-state index in [1.807, 2.05) is 24.3 Å². The first-order chi connectivity index (χ1) is 8.15. The second-order valence-electron chi connectivity index (χ2n) is 3.58. The van der Waals surface area contributed by atoms with Gasteiger partial charge >= 0.3 is 0 Å². The molecule has 1 heterocycles. The van der Waals surface area contributed by atoms with Crippen molar-refractivity contribution >= 4 is 27.4 Å². The molecule has 3 N–H and O–H groups in total. The number of hydrogen-bond acceptors (Lipinski definition) is 3. The minimum atomic E-state index is -0.386. The van der Waals surface area contributed by atoms with E-state index < -0.39 is 0 Å². The number of nitrogens with one attached hydrogen (secondary N) is 1. The molecule has 0 atom stereocenters. The van der Waals surface area contributed by atoms with Crippen LogP contribution in [0.2, 0.25) is 0 Å². The van der Waals surface area contributed by atoms with Gasteiger partial charge in [0.05, 0.1) is 0 Å². The molecule has 17 heavy (non-hydrogen) atoms. The number of benzene rings is 1. The van der Waals surface area contributed by atoms with E-state index in [1.54, 1.807) is 6.20 Å². The maximum absolute atomic E-state index is 13.5. The van der Waals surface area contributed by atoms with Gasteiger partial charge in [0, 0.05) is 22.9 Å². The molecular formula is C12H11BrFN3. The van der Waals surface area contributed by atoms with Gasteiger partial charge < -0.3 is 11.1 Å². The van der Waals surface area contributed by atoms with Crippen LogP contribution in [-0.4, -0.2) is 4.98 Å². The van der Waals surface area contributed by atoms with E-state index in [4.69, 9.17) is 5.73 Å². The van der Waals surface area contributed by atoms with Gasteiger partial charge in [0.1, 0.15) is 0 Å². The largest absolute Gasteiger partial charge is 0.399 e. The van der Waals surface area contributed by atoms with Crippen LogP contribution in [0, 0.1) is 5.82 Å². The summed E-state index contributed by atoms with van der Waals surface area (Å²) in [6, 6.07) is 8.79. The van der Waals surface area contributed by atoms with Crippen molar-refractivity contribution < 1.29 is 4.39 Å². The van der Waals surface area contributed by atoms with Crippen LogP contribution in [0.3, 0.4) is 0 Å². The molecule has 0 amide bonds. The third kappa shape index (κ3) is 3.17. The summed E-state index contributed by atoms with van der Waals surface area (Å²) in [7, 11) is 0. The molecule has 0 radical (unpaired) electrons. The lowest BCUT2D eigenvalue weighted by Gasteiger charge is -2.07. The lowest BCUT2D eigenvalue weighted by Crippen LogP contribution is -2.03. The molecule has 2 rings (SSSR count). The molecule has 0 bridgehead atoms. The Morgan fingerprint density at radius 2 is 2.18 bits per heavy atom. The summed E-state index contributed by atoms with van der Waals surface area (Å²) in [4.78, 5) is 3.95. The van der Waals surface area contributed by atoms with E-state index in [-0.39, 0.29) is 11.6 Å². The summed E-state index contributed by atoms with van der Waals surface area (Å²) < 4.78 is 14.1. The zero-order valence-electron chi connectivity index (χ0n) is 8.95. The third-order valence-corrected chi connectivity index (χ3v) is 2.65. The van der Waals surface area contributed by atoms with E-state index >= 15 is 0 Å². The molecule has 0 aliphatic carbocycles. The van der Waals surface area contributed by atoms with Gasteiger partial charge in [0.15, 0.2) is 11.6 Å². The van der Waals surface area contributed by atoms with Gasteiger partial charge in [-0.25, -0.2) is 9.37 Å². The molecule has 0 aliphatic rings. The van der Waals surface area contributed by atoms with Gasteiger partial charge in [-0.15, -0.1) is 0 Å². The lowest BCUT2D eigenvalue weighted by atomic mass is 10.2. The zero-order valence-corrected chi connectivity index (χ0v) is 10.5. The quantitative estimate of drug-likeness (QED) is 0.855. The van der Waals surface area contributed by atoms with Crippen LogP contribution in [-0.2, 0) is 6.54 Å². The second-order valence-corrected chi connectivity index (χ2v) is 4.50.